The highest BCUT2D eigenvalue weighted by Gasteiger charge is 2.27. The highest BCUT2D eigenvalue weighted by atomic mass is 16.2. The van der Waals surface area contributed by atoms with Crippen LogP contribution in [0.15, 0.2) is 30.3 Å². The van der Waals surface area contributed by atoms with Crippen molar-refractivity contribution in [3.05, 3.63) is 35.9 Å². The SMILES string of the molecule is CC(C)NC(=O)NC1CCN(C(C)c2ccccc2)C1. The molecule has 0 aliphatic carbocycles. The van der Waals surface area contributed by atoms with Crippen molar-refractivity contribution in [2.24, 2.45) is 0 Å². The Bertz CT molecular complexity index is 433. The zero-order chi connectivity index (χ0) is 14.5. The van der Waals surface area contributed by atoms with E-state index in [9.17, 15) is 4.79 Å². The molecule has 2 amide bonds. The Labute approximate surface area is 121 Å². The first-order valence-corrected chi connectivity index (χ1v) is 7.42. The molecule has 4 heteroatoms. The highest BCUT2D eigenvalue weighted by molar-refractivity contribution is 5.74. The van der Waals surface area contributed by atoms with Gasteiger partial charge in [-0.2, -0.15) is 0 Å². The third kappa shape index (κ3) is 3.97. The van der Waals surface area contributed by atoms with Crippen molar-refractivity contribution in [3.8, 4) is 0 Å². The molecule has 0 aromatic heterocycles. The number of carbonyl (C=O) groups is 1. The van der Waals surface area contributed by atoms with E-state index in [2.05, 4.69) is 46.7 Å². The van der Waals surface area contributed by atoms with Crippen LogP contribution in [0.3, 0.4) is 0 Å². The summed E-state index contributed by atoms with van der Waals surface area (Å²) in [4.78, 5) is 14.1. The van der Waals surface area contributed by atoms with Gasteiger partial charge in [0, 0.05) is 31.2 Å². The van der Waals surface area contributed by atoms with Gasteiger partial charge in [-0.05, 0) is 32.8 Å². The van der Waals surface area contributed by atoms with Crippen LogP contribution in [0.2, 0.25) is 0 Å². The summed E-state index contributed by atoms with van der Waals surface area (Å²) in [6.07, 6.45) is 1.02. The fraction of sp³-hybridized carbons (Fsp3) is 0.562. The van der Waals surface area contributed by atoms with Gasteiger partial charge in [-0.3, -0.25) is 4.90 Å². The number of hydrogen-bond donors (Lipinski definition) is 2. The molecule has 2 N–H and O–H groups in total. The average molecular weight is 275 g/mol. The summed E-state index contributed by atoms with van der Waals surface area (Å²) >= 11 is 0. The van der Waals surface area contributed by atoms with Crippen LogP contribution in [0.25, 0.3) is 0 Å². The minimum Gasteiger partial charge on any atom is -0.336 e. The third-order valence-electron chi connectivity index (χ3n) is 3.80. The van der Waals surface area contributed by atoms with Crippen LogP contribution >= 0.6 is 0 Å². The molecule has 1 heterocycles. The number of nitrogens with one attached hydrogen (secondary N) is 2. The van der Waals surface area contributed by atoms with E-state index in [1.165, 1.54) is 5.56 Å². The van der Waals surface area contributed by atoms with Crippen molar-refractivity contribution < 1.29 is 4.79 Å². The van der Waals surface area contributed by atoms with Crippen LogP contribution in [0.4, 0.5) is 4.79 Å². The number of nitrogens with zero attached hydrogens (tertiary/aromatic N) is 1. The monoisotopic (exact) mass is 275 g/mol. The van der Waals surface area contributed by atoms with Crippen LogP contribution < -0.4 is 10.6 Å². The van der Waals surface area contributed by atoms with Gasteiger partial charge in [0.15, 0.2) is 0 Å². The number of hydrogen-bond acceptors (Lipinski definition) is 2. The molecule has 1 aliphatic heterocycles. The zero-order valence-electron chi connectivity index (χ0n) is 12.6. The van der Waals surface area contributed by atoms with Crippen LogP contribution in [-0.4, -0.2) is 36.1 Å². The molecule has 20 heavy (non-hydrogen) atoms. The maximum Gasteiger partial charge on any atom is 0.315 e. The lowest BCUT2D eigenvalue weighted by molar-refractivity contribution is 0.230. The van der Waals surface area contributed by atoms with Gasteiger partial charge in [0.25, 0.3) is 0 Å². The number of urea groups is 1. The van der Waals surface area contributed by atoms with E-state index in [1.54, 1.807) is 0 Å². The maximum absolute atomic E-state index is 11.7. The molecule has 2 unspecified atom stereocenters. The van der Waals surface area contributed by atoms with Gasteiger partial charge in [-0.1, -0.05) is 30.3 Å². The molecular weight excluding hydrogens is 250 g/mol. The molecule has 2 atom stereocenters. The Hall–Kier alpha value is -1.55. The van der Waals surface area contributed by atoms with Crippen LogP contribution in [0.5, 0.6) is 0 Å². The van der Waals surface area contributed by atoms with Crippen molar-refractivity contribution in [1.82, 2.24) is 15.5 Å². The third-order valence-corrected chi connectivity index (χ3v) is 3.80. The van der Waals surface area contributed by atoms with E-state index in [4.69, 9.17) is 0 Å². The molecule has 1 fully saturated rings. The Morgan fingerprint density at radius 1 is 1.25 bits per heavy atom. The van der Waals surface area contributed by atoms with Crippen molar-refractivity contribution in [1.29, 1.82) is 0 Å². The standard InChI is InChI=1S/C16H25N3O/c1-12(2)17-16(20)18-15-9-10-19(11-15)13(3)14-7-5-4-6-8-14/h4-8,12-13,15H,9-11H2,1-3H3,(H2,17,18,20). The molecule has 1 aromatic rings. The Morgan fingerprint density at radius 3 is 2.60 bits per heavy atom. The highest BCUT2D eigenvalue weighted by Crippen LogP contribution is 2.24. The van der Waals surface area contributed by atoms with Gasteiger partial charge in [0.2, 0.25) is 0 Å². The summed E-state index contributed by atoms with van der Waals surface area (Å²) in [5.41, 5.74) is 1.33. The normalized spacial score (nSPS) is 20.9. The Balaban J connectivity index is 1.84. The molecule has 4 nitrogen and oxygen atoms in total. The first-order chi connectivity index (χ1) is 9.56. The number of carbonyl (C=O) groups excluding carboxylic acids is 1. The fourth-order valence-electron chi connectivity index (χ4n) is 2.69. The summed E-state index contributed by atoms with van der Waals surface area (Å²) in [6, 6.07) is 11.3. The molecule has 0 spiro atoms. The molecule has 110 valence electrons. The summed E-state index contributed by atoms with van der Waals surface area (Å²) in [7, 11) is 0. The number of rotatable bonds is 4. The van der Waals surface area contributed by atoms with E-state index >= 15 is 0 Å². The lowest BCUT2D eigenvalue weighted by Crippen LogP contribution is -2.45. The Kier molecular flexibility index (Phi) is 5.01. The molecule has 2 rings (SSSR count). The number of likely N-dealkylation sites (tertiary alicyclic amines) is 1. The minimum atomic E-state index is -0.0563. The van der Waals surface area contributed by atoms with E-state index in [0.717, 1.165) is 19.5 Å². The predicted octanol–water partition coefficient (Wildman–Crippen LogP) is 2.53. The van der Waals surface area contributed by atoms with Gasteiger partial charge in [0.05, 0.1) is 0 Å². The number of benzene rings is 1. The first kappa shape index (κ1) is 14.9. The maximum atomic E-state index is 11.7. The zero-order valence-corrected chi connectivity index (χ0v) is 12.6. The smallest absolute Gasteiger partial charge is 0.315 e. The predicted molar refractivity (Wildman–Crippen MR) is 81.6 cm³/mol. The summed E-state index contributed by atoms with van der Waals surface area (Å²) in [5.74, 6) is 0. The average Bonchev–Trinajstić information content (AvgIpc) is 2.86. The van der Waals surface area contributed by atoms with E-state index in [0.29, 0.717) is 6.04 Å². The van der Waals surface area contributed by atoms with Crippen LogP contribution in [-0.2, 0) is 0 Å². The fourth-order valence-corrected chi connectivity index (χ4v) is 2.69. The van der Waals surface area contributed by atoms with Crippen LogP contribution in [0, 0.1) is 0 Å². The van der Waals surface area contributed by atoms with Gasteiger partial charge in [-0.15, -0.1) is 0 Å². The quantitative estimate of drug-likeness (QED) is 0.887. The first-order valence-electron chi connectivity index (χ1n) is 7.42. The van der Waals surface area contributed by atoms with Crippen molar-refractivity contribution in [2.75, 3.05) is 13.1 Å². The van der Waals surface area contributed by atoms with Crippen molar-refractivity contribution in [2.45, 2.75) is 45.3 Å². The molecule has 0 radical (unpaired) electrons. The molecule has 1 aliphatic rings. The molecular formula is C16H25N3O. The molecule has 1 saturated heterocycles. The second kappa shape index (κ2) is 6.75. The van der Waals surface area contributed by atoms with Crippen molar-refractivity contribution >= 4 is 6.03 Å². The topological polar surface area (TPSA) is 44.4 Å². The van der Waals surface area contributed by atoms with Gasteiger partial charge < -0.3 is 10.6 Å². The lowest BCUT2D eigenvalue weighted by Gasteiger charge is -2.25. The van der Waals surface area contributed by atoms with Gasteiger partial charge >= 0.3 is 6.03 Å². The Morgan fingerprint density at radius 2 is 1.95 bits per heavy atom. The van der Waals surface area contributed by atoms with E-state index < -0.39 is 0 Å². The van der Waals surface area contributed by atoms with Gasteiger partial charge in [0.1, 0.15) is 0 Å². The largest absolute Gasteiger partial charge is 0.336 e. The molecule has 0 bridgehead atoms. The number of amides is 2. The van der Waals surface area contributed by atoms with Crippen LogP contribution in [0.1, 0.15) is 38.8 Å². The molecule has 0 saturated carbocycles. The second-order valence-electron chi connectivity index (χ2n) is 5.84. The summed E-state index contributed by atoms with van der Waals surface area (Å²) in [6.45, 7) is 8.12. The second-order valence-corrected chi connectivity index (χ2v) is 5.84. The van der Waals surface area contributed by atoms with E-state index in [1.807, 2.05) is 19.9 Å². The summed E-state index contributed by atoms with van der Waals surface area (Å²) < 4.78 is 0. The molecule has 1 aromatic carbocycles. The van der Waals surface area contributed by atoms with E-state index in [-0.39, 0.29) is 18.1 Å². The summed E-state index contributed by atoms with van der Waals surface area (Å²) in [5, 5.41) is 5.93. The minimum absolute atomic E-state index is 0.0563. The van der Waals surface area contributed by atoms with Crippen molar-refractivity contribution in [3.63, 3.8) is 0 Å². The lowest BCUT2D eigenvalue weighted by atomic mass is 10.1. The van der Waals surface area contributed by atoms with Gasteiger partial charge in [-0.25, -0.2) is 4.79 Å².